The molecule has 0 spiro atoms. The third-order valence-electron chi connectivity index (χ3n) is 2.71. The fourth-order valence-corrected chi connectivity index (χ4v) is 2.21. The number of nitrogens with one attached hydrogen (secondary N) is 1. The maximum absolute atomic E-state index is 12.2. The van der Waals surface area contributed by atoms with Crippen molar-refractivity contribution in [3.05, 3.63) is 55.3 Å². The van der Waals surface area contributed by atoms with Gasteiger partial charge in [0.1, 0.15) is 5.75 Å². The van der Waals surface area contributed by atoms with Crippen molar-refractivity contribution in [2.24, 2.45) is 0 Å². The molecular weight excluding hydrogens is 328 g/mol. The van der Waals surface area contributed by atoms with Gasteiger partial charge in [-0.15, -0.1) is 0 Å². The molecule has 7 heteroatoms. The lowest BCUT2D eigenvalue weighted by Gasteiger charge is -2.08. The highest BCUT2D eigenvalue weighted by Gasteiger charge is 2.13. The SMILES string of the molecule is COc1cc(Br)cc(-n2c(=O)[nH]cc(C(C)=O)c2=O)c1. The number of ketones is 1. The van der Waals surface area contributed by atoms with Gasteiger partial charge in [-0.3, -0.25) is 9.59 Å². The molecule has 0 aliphatic carbocycles. The van der Waals surface area contributed by atoms with Crippen LogP contribution in [0, 0.1) is 0 Å². The van der Waals surface area contributed by atoms with E-state index < -0.39 is 17.0 Å². The molecule has 0 radical (unpaired) electrons. The van der Waals surface area contributed by atoms with Gasteiger partial charge in [-0.05, 0) is 19.1 Å². The number of ether oxygens (including phenoxy) is 1. The second-order valence-electron chi connectivity index (χ2n) is 4.05. The van der Waals surface area contributed by atoms with E-state index in [0.717, 1.165) is 10.8 Å². The van der Waals surface area contributed by atoms with Crippen molar-refractivity contribution in [2.45, 2.75) is 6.92 Å². The zero-order valence-corrected chi connectivity index (χ0v) is 12.4. The summed E-state index contributed by atoms with van der Waals surface area (Å²) in [5.74, 6) is 0.0656. The lowest BCUT2D eigenvalue weighted by Crippen LogP contribution is -2.36. The van der Waals surface area contributed by atoms with E-state index in [2.05, 4.69) is 20.9 Å². The van der Waals surface area contributed by atoms with Crippen LogP contribution in [-0.2, 0) is 0 Å². The first kappa shape index (κ1) is 14.3. The molecule has 0 bridgehead atoms. The molecular formula is C13H11BrN2O4. The highest BCUT2D eigenvalue weighted by molar-refractivity contribution is 9.10. The van der Waals surface area contributed by atoms with E-state index in [-0.39, 0.29) is 5.56 Å². The fraction of sp³-hybridized carbons (Fsp3) is 0.154. The molecule has 2 rings (SSSR count). The van der Waals surface area contributed by atoms with Crippen molar-refractivity contribution in [3.8, 4) is 11.4 Å². The number of hydrogen-bond donors (Lipinski definition) is 1. The van der Waals surface area contributed by atoms with Gasteiger partial charge < -0.3 is 9.72 Å². The second kappa shape index (κ2) is 5.46. The Balaban J connectivity index is 2.79. The van der Waals surface area contributed by atoms with E-state index in [1.165, 1.54) is 20.1 Å². The normalized spacial score (nSPS) is 10.3. The number of aromatic nitrogens is 2. The van der Waals surface area contributed by atoms with Crippen LogP contribution in [0.5, 0.6) is 5.75 Å². The average Bonchev–Trinajstić information content (AvgIpc) is 2.37. The predicted molar refractivity (Wildman–Crippen MR) is 76.9 cm³/mol. The zero-order valence-electron chi connectivity index (χ0n) is 10.8. The van der Waals surface area contributed by atoms with Crippen LogP contribution in [0.2, 0.25) is 0 Å². The highest BCUT2D eigenvalue weighted by atomic mass is 79.9. The Hall–Kier alpha value is -2.15. The number of H-pyrrole nitrogens is 1. The Kier molecular flexibility index (Phi) is 3.89. The summed E-state index contributed by atoms with van der Waals surface area (Å²) >= 11 is 3.27. The average molecular weight is 339 g/mol. The summed E-state index contributed by atoms with van der Waals surface area (Å²) in [6.07, 6.45) is 1.12. The molecule has 0 amide bonds. The van der Waals surface area contributed by atoms with Crippen LogP contribution in [0.3, 0.4) is 0 Å². The van der Waals surface area contributed by atoms with Gasteiger partial charge in [0.05, 0.1) is 18.4 Å². The minimum Gasteiger partial charge on any atom is -0.497 e. The van der Waals surface area contributed by atoms with E-state index in [1.807, 2.05) is 0 Å². The van der Waals surface area contributed by atoms with Crippen LogP contribution in [-0.4, -0.2) is 22.4 Å². The summed E-state index contributed by atoms with van der Waals surface area (Å²) in [7, 11) is 1.48. The predicted octanol–water partition coefficient (Wildman–Crippen LogP) is 1.50. The smallest absolute Gasteiger partial charge is 0.333 e. The van der Waals surface area contributed by atoms with Crippen molar-refractivity contribution in [1.29, 1.82) is 0 Å². The number of hydrogen-bond acceptors (Lipinski definition) is 4. The number of aromatic amines is 1. The van der Waals surface area contributed by atoms with Gasteiger partial charge in [-0.2, -0.15) is 0 Å². The Bertz CT molecular complexity index is 792. The molecule has 0 saturated carbocycles. The van der Waals surface area contributed by atoms with Crippen LogP contribution in [0.25, 0.3) is 5.69 Å². The molecule has 0 atom stereocenters. The molecule has 0 aliphatic heterocycles. The molecule has 0 saturated heterocycles. The van der Waals surface area contributed by atoms with Crippen molar-refractivity contribution in [2.75, 3.05) is 7.11 Å². The van der Waals surface area contributed by atoms with Gasteiger partial charge in [0.25, 0.3) is 5.56 Å². The summed E-state index contributed by atoms with van der Waals surface area (Å²) in [6, 6.07) is 4.81. The second-order valence-corrected chi connectivity index (χ2v) is 4.97. The van der Waals surface area contributed by atoms with Gasteiger partial charge in [0, 0.05) is 16.7 Å². The molecule has 2 aromatic rings. The fourth-order valence-electron chi connectivity index (χ4n) is 1.75. The lowest BCUT2D eigenvalue weighted by molar-refractivity contribution is 0.101. The lowest BCUT2D eigenvalue weighted by atomic mass is 10.2. The number of rotatable bonds is 3. The number of nitrogens with zero attached hydrogens (tertiary/aromatic N) is 1. The van der Waals surface area contributed by atoms with Crippen LogP contribution in [0.1, 0.15) is 17.3 Å². The first-order chi connectivity index (χ1) is 9.43. The zero-order chi connectivity index (χ0) is 14.9. The summed E-state index contributed by atoms with van der Waals surface area (Å²) in [4.78, 5) is 37.8. The third-order valence-corrected chi connectivity index (χ3v) is 3.16. The Morgan fingerprint density at radius 2 is 2.00 bits per heavy atom. The summed E-state index contributed by atoms with van der Waals surface area (Å²) in [5.41, 5.74) is -1.06. The maximum atomic E-state index is 12.2. The van der Waals surface area contributed by atoms with Crippen LogP contribution in [0.4, 0.5) is 0 Å². The molecule has 0 fully saturated rings. The van der Waals surface area contributed by atoms with E-state index in [4.69, 9.17) is 4.74 Å². The third kappa shape index (κ3) is 2.57. The molecule has 1 heterocycles. The molecule has 1 aromatic carbocycles. The molecule has 0 unspecified atom stereocenters. The molecule has 20 heavy (non-hydrogen) atoms. The first-order valence-corrected chi connectivity index (χ1v) is 6.44. The molecule has 1 N–H and O–H groups in total. The summed E-state index contributed by atoms with van der Waals surface area (Å²) in [5, 5.41) is 0. The van der Waals surface area contributed by atoms with Crippen molar-refractivity contribution in [1.82, 2.24) is 9.55 Å². The van der Waals surface area contributed by atoms with Gasteiger partial charge >= 0.3 is 5.69 Å². The van der Waals surface area contributed by atoms with Crippen molar-refractivity contribution < 1.29 is 9.53 Å². The Morgan fingerprint density at radius 3 is 2.60 bits per heavy atom. The van der Waals surface area contributed by atoms with E-state index in [9.17, 15) is 14.4 Å². The standard InChI is InChI=1S/C13H11BrN2O4/c1-7(17)11-6-15-13(19)16(12(11)18)9-3-8(14)4-10(5-9)20-2/h3-6H,1-2H3,(H,15,19). The topological polar surface area (TPSA) is 81.2 Å². The van der Waals surface area contributed by atoms with Crippen LogP contribution >= 0.6 is 15.9 Å². The number of carbonyl (C=O) groups excluding carboxylic acids is 1. The largest absolute Gasteiger partial charge is 0.497 e. The molecule has 104 valence electrons. The molecule has 1 aromatic heterocycles. The maximum Gasteiger partial charge on any atom is 0.333 e. The van der Waals surface area contributed by atoms with Gasteiger partial charge in [0.15, 0.2) is 5.78 Å². The number of carbonyl (C=O) groups is 1. The van der Waals surface area contributed by atoms with Gasteiger partial charge in [0.2, 0.25) is 0 Å². The number of methoxy groups -OCH3 is 1. The monoisotopic (exact) mass is 338 g/mol. The number of benzene rings is 1. The van der Waals surface area contributed by atoms with Gasteiger partial charge in [-0.25, -0.2) is 9.36 Å². The van der Waals surface area contributed by atoms with E-state index >= 15 is 0 Å². The molecule has 0 aliphatic rings. The Morgan fingerprint density at radius 1 is 1.30 bits per heavy atom. The van der Waals surface area contributed by atoms with E-state index in [1.54, 1.807) is 12.1 Å². The van der Waals surface area contributed by atoms with E-state index in [0.29, 0.717) is 15.9 Å². The highest BCUT2D eigenvalue weighted by Crippen LogP contribution is 2.22. The van der Waals surface area contributed by atoms with Crippen molar-refractivity contribution in [3.63, 3.8) is 0 Å². The Labute approximate surface area is 122 Å². The minimum atomic E-state index is -0.665. The minimum absolute atomic E-state index is 0.0801. The van der Waals surface area contributed by atoms with Crippen LogP contribution in [0.15, 0.2) is 38.5 Å². The van der Waals surface area contributed by atoms with Crippen LogP contribution < -0.4 is 16.0 Å². The molecule has 6 nitrogen and oxygen atoms in total. The number of Topliss-reactive ketones (excluding diaryl/α,β-unsaturated/α-hetero) is 1. The summed E-state index contributed by atoms with van der Waals surface area (Å²) in [6.45, 7) is 1.26. The first-order valence-electron chi connectivity index (χ1n) is 5.64. The van der Waals surface area contributed by atoms with Gasteiger partial charge in [-0.1, -0.05) is 15.9 Å². The summed E-state index contributed by atoms with van der Waals surface area (Å²) < 4.78 is 6.63. The van der Waals surface area contributed by atoms with Crippen molar-refractivity contribution >= 4 is 21.7 Å². The quantitative estimate of drug-likeness (QED) is 0.860. The number of halogens is 1.